The largest absolute Gasteiger partial charge is 0.461 e. The summed E-state index contributed by atoms with van der Waals surface area (Å²) in [4.78, 5) is 18.7. The molecule has 1 atom stereocenters. The third-order valence-corrected chi connectivity index (χ3v) is 4.19. The van der Waals surface area contributed by atoms with E-state index in [0.29, 0.717) is 34.5 Å². The van der Waals surface area contributed by atoms with E-state index >= 15 is 0 Å². The van der Waals surface area contributed by atoms with Gasteiger partial charge >= 0.3 is 0 Å². The molecule has 0 radical (unpaired) electrons. The van der Waals surface area contributed by atoms with E-state index in [1.165, 1.54) is 0 Å². The molecule has 0 saturated carbocycles. The van der Waals surface area contributed by atoms with Gasteiger partial charge in [0.05, 0.1) is 19.0 Å². The Kier molecular flexibility index (Phi) is 3.66. The highest BCUT2D eigenvalue weighted by Gasteiger charge is 2.23. The van der Waals surface area contributed by atoms with Crippen LogP contribution in [-0.2, 0) is 4.74 Å². The Labute approximate surface area is 137 Å². The molecule has 7 nitrogen and oxygen atoms in total. The van der Waals surface area contributed by atoms with Crippen molar-refractivity contribution in [3.63, 3.8) is 0 Å². The molecule has 8 heteroatoms. The fraction of sp³-hybridized carbons (Fsp3) is 0.400. The first-order valence-corrected chi connectivity index (χ1v) is 7.96. The number of rotatable bonds is 3. The molecule has 1 N–H and O–H groups in total. The highest BCUT2D eigenvalue weighted by Crippen LogP contribution is 2.26. The first-order valence-electron chi connectivity index (χ1n) is 7.58. The second-order valence-electron chi connectivity index (χ2n) is 5.42. The van der Waals surface area contributed by atoms with Crippen LogP contribution in [0, 0.1) is 0 Å². The Balaban J connectivity index is 1.71. The van der Waals surface area contributed by atoms with Crippen LogP contribution in [0.2, 0.25) is 5.15 Å². The number of furan rings is 1. The summed E-state index contributed by atoms with van der Waals surface area (Å²) in [5, 5.41) is 0.309. The van der Waals surface area contributed by atoms with Gasteiger partial charge in [0, 0.05) is 13.1 Å². The maximum Gasteiger partial charge on any atom is 0.205 e. The number of morpholine rings is 1. The summed E-state index contributed by atoms with van der Waals surface area (Å²) in [6.45, 7) is 4.39. The lowest BCUT2D eigenvalue weighted by molar-refractivity contribution is 0.0379. The average Bonchev–Trinajstić information content (AvgIpc) is 3.24. The molecular formula is C15H16ClN5O2. The molecule has 4 rings (SSSR count). The maximum absolute atomic E-state index is 6.27. The van der Waals surface area contributed by atoms with E-state index in [1.807, 2.05) is 0 Å². The fourth-order valence-electron chi connectivity index (χ4n) is 2.68. The molecular weight excluding hydrogens is 318 g/mol. The number of aromatic nitrogens is 4. The van der Waals surface area contributed by atoms with E-state index in [9.17, 15) is 0 Å². The molecule has 0 aliphatic carbocycles. The zero-order chi connectivity index (χ0) is 15.8. The van der Waals surface area contributed by atoms with Gasteiger partial charge in [-0.25, -0.2) is 15.0 Å². The molecule has 0 amide bonds. The fourth-order valence-corrected chi connectivity index (χ4v) is 2.89. The van der Waals surface area contributed by atoms with Gasteiger partial charge in [-0.1, -0.05) is 18.5 Å². The summed E-state index contributed by atoms with van der Waals surface area (Å²) >= 11 is 6.27. The standard InChI is InChI=1S/C15H16ClN5O2/c1-2-9-8-21(5-7-22-9)15-17-11-12(16)18-13(19-14(11)20-15)10-4-3-6-23-10/h3-4,6,9H,2,5,7-8H2,1H3,(H,17,18,19,20). The summed E-state index contributed by atoms with van der Waals surface area (Å²) in [7, 11) is 0. The Hall–Kier alpha value is -2.12. The zero-order valence-corrected chi connectivity index (χ0v) is 13.4. The number of hydrogen-bond acceptors (Lipinski definition) is 6. The second-order valence-corrected chi connectivity index (χ2v) is 5.78. The van der Waals surface area contributed by atoms with Gasteiger partial charge in [0.15, 0.2) is 22.4 Å². The van der Waals surface area contributed by atoms with Gasteiger partial charge in [0.25, 0.3) is 0 Å². The Morgan fingerprint density at radius 2 is 2.30 bits per heavy atom. The van der Waals surface area contributed by atoms with Crippen molar-refractivity contribution in [2.24, 2.45) is 0 Å². The van der Waals surface area contributed by atoms with E-state index in [-0.39, 0.29) is 6.10 Å². The molecule has 1 aliphatic rings. The van der Waals surface area contributed by atoms with Crippen molar-refractivity contribution in [3.8, 4) is 11.6 Å². The predicted molar refractivity (Wildman–Crippen MR) is 86.6 cm³/mol. The Morgan fingerprint density at radius 1 is 1.39 bits per heavy atom. The maximum atomic E-state index is 6.27. The molecule has 120 valence electrons. The molecule has 0 spiro atoms. The van der Waals surface area contributed by atoms with Crippen LogP contribution >= 0.6 is 11.6 Å². The number of aromatic amines is 1. The van der Waals surface area contributed by atoms with Crippen LogP contribution < -0.4 is 4.90 Å². The highest BCUT2D eigenvalue weighted by molar-refractivity contribution is 6.33. The number of ether oxygens (including phenoxy) is 1. The number of H-pyrrole nitrogens is 1. The molecule has 1 fully saturated rings. The predicted octanol–water partition coefficient (Wildman–Crippen LogP) is 2.88. The van der Waals surface area contributed by atoms with E-state index in [0.717, 1.165) is 25.5 Å². The van der Waals surface area contributed by atoms with E-state index in [1.54, 1.807) is 18.4 Å². The quantitative estimate of drug-likeness (QED) is 0.742. The lowest BCUT2D eigenvalue weighted by atomic mass is 10.2. The minimum atomic E-state index is 0.220. The van der Waals surface area contributed by atoms with Crippen molar-refractivity contribution in [1.29, 1.82) is 0 Å². The monoisotopic (exact) mass is 333 g/mol. The van der Waals surface area contributed by atoms with Crippen molar-refractivity contribution >= 4 is 28.7 Å². The van der Waals surface area contributed by atoms with E-state index in [4.69, 9.17) is 20.8 Å². The van der Waals surface area contributed by atoms with Crippen LogP contribution in [0.5, 0.6) is 0 Å². The summed E-state index contributed by atoms with van der Waals surface area (Å²) in [6.07, 6.45) is 2.77. The number of nitrogens with zero attached hydrogens (tertiary/aromatic N) is 4. The second kappa shape index (κ2) is 5.82. The number of halogens is 1. The number of nitrogens with one attached hydrogen (secondary N) is 1. The van der Waals surface area contributed by atoms with Crippen LogP contribution in [0.1, 0.15) is 13.3 Å². The summed E-state index contributed by atoms with van der Waals surface area (Å²) in [5.41, 5.74) is 1.17. The van der Waals surface area contributed by atoms with Crippen LogP contribution in [-0.4, -0.2) is 45.7 Å². The van der Waals surface area contributed by atoms with Gasteiger partial charge in [-0.2, -0.15) is 0 Å². The van der Waals surface area contributed by atoms with E-state index in [2.05, 4.69) is 31.8 Å². The van der Waals surface area contributed by atoms with Gasteiger partial charge < -0.3 is 19.0 Å². The minimum absolute atomic E-state index is 0.220. The molecule has 4 heterocycles. The summed E-state index contributed by atoms with van der Waals surface area (Å²) in [6, 6.07) is 3.58. The Morgan fingerprint density at radius 3 is 3.09 bits per heavy atom. The number of hydrogen-bond donors (Lipinski definition) is 1. The van der Waals surface area contributed by atoms with Crippen LogP contribution in [0.25, 0.3) is 22.7 Å². The van der Waals surface area contributed by atoms with Crippen molar-refractivity contribution in [2.45, 2.75) is 19.4 Å². The van der Waals surface area contributed by atoms with Crippen LogP contribution in [0.4, 0.5) is 5.95 Å². The van der Waals surface area contributed by atoms with E-state index < -0.39 is 0 Å². The third-order valence-electron chi connectivity index (χ3n) is 3.92. The number of imidazole rings is 1. The van der Waals surface area contributed by atoms with Gasteiger partial charge in [0.2, 0.25) is 5.95 Å². The molecule has 23 heavy (non-hydrogen) atoms. The smallest absolute Gasteiger partial charge is 0.205 e. The molecule has 1 saturated heterocycles. The molecule has 0 bridgehead atoms. The lowest BCUT2D eigenvalue weighted by Crippen LogP contribution is -2.42. The number of anilines is 1. The first kappa shape index (κ1) is 14.5. The third kappa shape index (κ3) is 2.66. The van der Waals surface area contributed by atoms with Crippen molar-refractivity contribution in [2.75, 3.05) is 24.6 Å². The van der Waals surface area contributed by atoms with Gasteiger partial charge in [-0.15, -0.1) is 0 Å². The topological polar surface area (TPSA) is 80.1 Å². The molecule has 3 aromatic heterocycles. The SMILES string of the molecule is CCC1CN(c2nc3c(Cl)nc(-c4ccco4)nc3[nH]2)CCO1. The van der Waals surface area contributed by atoms with Crippen molar-refractivity contribution in [3.05, 3.63) is 23.5 Å². The van der Waals surface area contributed by atoms with Crippen LogP contribution in [0.15, 0.2) is 22.8 Å². The Bertz CT molecular complexity index is 817. The number of fused-ring (bicyclic) bond motifs is 1. The van der Waals surface area contributed by atoms with Crippen molar-refractivity contribution in [1.82, 2.24) is 19.9 Å². The normalized spacial score (nSPS) is 18.7. The minimum Gasteiger partial charge on any atom is -0.461 e. The summed E-state index contributed by atoms with van der Waals surface area (Å²) in [5.74, 6) is 1.76. The first-order chi connectivity index (χ1) is 11.2. The molecule has 1 aliphatic heterocycles. The summed E-state index contributed by atoms with van der Waals surface area (Å²) < 4.78 is 11.0. The average molecular weight is 334 g/mol. The molecule has 0 aromatic carbocycles. The van der Waals surface area contributed by atoms with Crippen molar-refractivity contribution < 1.29 is 9.15 Å². The lowest BCUT2D eigenvalue weighted by Gasteiger charge is -2.32. The molecule has 1 unspecified atom stereocenters. The molecule has 3 aromatic rings. The van der Waals surface area contributed by atoms with Gasteiger partial charge in [-0.05, 0) is 18.6 Å². The van der Waals surface area contributed by atoms with Gasteiger partial charge in [-0.3, -0.25) is 0 Å². The highest BCUT2D eigenvalue weighted by atomic mass is 35.5. The zero-order valence-electron chi connectivity index (χ0n) is 12.6. The van der Waals surface area contributed by atoms with Crippen LogP contribution in [0.3, 0.4) is 0 Å². The van der Waals surface area contributed by atoms with Gasteiger partial charge in [0.1, 0.15) is 5.52 Å².